The van der Waals surface area contributed by atoms with Crippen LogP contribution in [0.25, 0.3) is 10.9 Å². The van der Waals surface area contributed by atoms with E-state index in [1.807, 2.05) is 38.1 Å². The summed E-state index contributed by atoms with van der Waals surface area (Å²) in [4.78, 5) is 29.8. The number of carbonyl (C=O) groups is 1. The molecule has 0 bridgehead atoms. The highest BCUT2D eigenvalue weighted by atomic mass is 32.2. The van der Waals surface area contributed by atoms with Crippen LogP contribution in [0, 0.1) is 13.8 Å². The first-order valence-electron chi connectivity index (χ1n) is 9.10. The quantitative estimate of drug-likeness (QED) is 0.473. The van der Waals surface area contributed by atoms with Gasteiger partial charge in [-0.3, -0.25) is 14.2 Å². The number of fused-ring (bicyclic) bond motifs is 1. The number of aliphatic hydroxyl groups is 1. The summed E-state index contributed by atoms with van der Waals surface area (Å²) in [6.45, 7) is 4.26. The van der Waals surface area contributed by atoms with Crippen molar-refractivity contribution < 1.29 is 9.90 Å². The fourth-order valence-corrected chi connectivity index (χ4v) is 3.70. The van der Waals surface area contributed by atoms with Crippen molar-refractivity contribution >= 4 is 34.3 Å². The molecule has 0 aliphatic carbocycles. The van der Waals surface area contributed by atoms with E-state index in [2.05, 4.69) is 10.3 Å². The van der Waals surface area contributed by atoms with Gasteiger partial charge in [-0.1, -0.05) is 36.0 Å². The number of nitrogens with one attached hydrogen (secondary N) is 1. The summed E-state index contributed by atoms with van der Waals surface area (Å²) in [5.74, 6) is -0.0214. The molecular weight excluding hydrogens is 374 g/mol. The minimum absolute atomic E-state index is 0.0174. The van der Waals surface area contributed by atoms with E-state index in [0.717, 1.165) is 16.8 Å². The standard InChI is InChI=1S/C21H23N3O3S/c1-14-8-9-15(2)18(12-14)22-19(26)13-28-21-23-17-7-4-3-6-16(17)20(27)24(21)10-5-11-25/h3-4,6-9,12,25H,5,10-11,13H2,1-2H3,(H,22,26). The minimum atomic E-state index is -0.158. The third-order valence-electron chi connectivity index (χ3n) is 4.37. The maximum Gasteiger partial charge on any atom is 0.262 e. The second-order valence-corrected chi connectivity index (χ2v) is 7.54. The molecule has 1 heterocycles. The molecule has 0 fully saturated rings. The number of aryl methyl sites for hydroxylation is 2. The molecule has 3 rings (SSSR count). The molecule has 0 aliphatic rings. The first-order valence-corrected chi connectivity index (χ1v) is 10.1. The zero-order valence-electron chi connectivity index (χ0n) is 15.9. The predicted molar refractivity (Wildman–Crippen MR) is 113 cm³/mol. The van der Waals surface area contributed by atoms with Gasteiger partial charge in [-0.15, -0.1) is 0 Å². The second-order valence-electron chi connectivity index (χ2n) is 6.60. The lowest BCUT2D eigenvalue weighted by atomic mass is 10.1. The SMILES string of the molecule is Cc1ccc(C)c(NC(=O)CSc2nc3ccccc3c(=O)n2CCCO)c1. The van der Waals surface area contributed by atoms with Crippen LogP contribution in [-0.4, -0.2) is 32.9 Å². The lowest BCUT2D eigenvalue weighted by Crippen LogP contribution is -2.25. The number of para-hydroxylation sites is 1. The molecule has 1 amide bonds. The Kier molecular flexibility index (Phi) is 6.49. The van der Waals surface area contributed by atoms with Crippen molar-refractivity contribution in [2.75, 3.05) is 17.7 Å². The second kappa shape index (κ2) is 9.03. The maximum absolute atomic E-state index is 12.8. The fraction of sp³-hybridized carbons (Fsp3) is 0.286. The smallest absolute Gasteiger partial charge is 0.262 e. The third-order valence-corrected chi connectivity index (χ3v) is 5.34. The Labute approximate surface area is 167 Å². The predicted octanol–water partition coefficient (Wildman–Crippen LogP) is 3.13. The number of thioether (sulfide) groups is 1. The number of amides is 1. The Hall–Kier alpha value is -2.64. The molecule has 146 valence electrons. The maximum atomic E-state index is 12.8. The molecule has 6 nitrogen and oxygen atoms in total. The summed E-state index contributed by atoms with van der Waals surface area (Å²) in [5.41, 5.74) is 3.30. The van der Waals surface area contributed by atoms with E-state index in [1.54, 1.807) is 18.2 Å². The van der Waals surface area contributed by atoms with Crippen LogP contribution in [0.3, 0.4) is 0 Å². The van der Waals surface area contributed by atoms with Gasteiger partial charge in [0.1, 0.15) is 0 Å². The van der Waals surface area contributed by atoms with Crippen LogP contribution in [0.1, 0.15) is 17.5 Å². The number of nitrogens with zero attached hydrogens (tertiary/aromatic N) is 2. The normalized spacial score (nSPS) is 11.0. The summed E-state index contributed by atoms with van der Waals surface area (Å²) >= 11 is 1.22. The molecule has 0 saturated carbocycles. The van der Waals surface area contributed by atoms with Crippen LogP contribution < -0.4 is 10.9 Å². The summed E-state index contributed by atoms with van der Waals surface area (Å²) < 4.78 is 1.54. The lowest BCUT2D eigenvalue weighted by molar-refractivity contribution is -0.113. The minimum Gasteiger partial charge on any atom is -0.396 e. The molecule has 0 aliphatic heterocycles. The molecule has 0 radical (unpaired) electrons. The average molecular weight is 398 g/mol. The van der Waals surface area contributed by atoms with Gasteiger partial charge in [-0.25, -0.2) is 4.98 Å². The first-order chi connectivity index (χ1) is 13.5. The third kappa shape index (κ3) is 4.61. The Balaban J connectivity index is 1.81. The van der Waals surface area contributed by atoms with Crippen molar-refractivity contribution in [1.82, 2.24) is 9.55 Å². The van der Waals surface area contributed by atoms with Gasteiger partial charge >= 0.3 is 0 Å². The number of hydrogen-bond acceptors (Lipinski definition) is 5. The van der Waals surface area contributed by atoms with Crippen molar-refractivity contribution in [2.45, 2.75) is 32.0 Å². The molecule has 0 atom stereocenters. The van der Waals surface area contributed by atoms with E-state index in [9.17, 15) is 9.59 Å². The van der Waals surface area contributed by atoms with E-state index in [4.69, 9.17) is 5.11 Å². The number of benzene rings is 2. The highest BCUT2D eigenvalue weighted by molar-refractivity contribution is 7.99. The molecule has 3 aromatic rings. The van der Waals surface area contributed by atoms with E-state index >= 15 is 0 Å². The van der Waals surface area contributed by atoms with Crippen LogP contribution in [0.4, 0.5) is 5.69 Å². The number of aromatic nitrogens is 2. The van der Waals surface area contributed by atoms with Gasteiger partial charge in [-0.2, -0.15) is 0 Å². The number of aliphatic hydroxyl groups excluding tert-OH is 1. The molecule has 2 N–H and O–H groups in total. The number of hydrogen-bond donors (Lipinski definition) is 2. The number of anilines is 1. The highest BCUT2D eigenvalue weighted by Crippen LogP contribution is 2.20. The van der Waals surface area contributed by atoms with Crippen molar-refractivity contribution in [3.8, 4) is 0 Å². The molecule has 0 saturated heterocycles. The van der Waals surface area contributed by atoms with Gasteiger partial charge in [0.05, 0.1) is 16.7 Å². The summed E-state index contributed by atoms with van der Waals surface area (Å²) in [5, 5.41) is 13.1. The summed E-state index contributed by atoms with van der Waals surface area (Å²) in [6.07, 6.45) is 0.447. The van der Waals surface area contributed by atoms with Gasteiger partial charge in [0.15, 0.2) is 5.16 Å². The van der Waals surface area contributed by atoms with Gasteiger partial charge < -0.3 is 10.4 Å². The molecule has 2 aromatic carbocycles. The average Bonchev–Trinajstić information content (AvgIpc) is 2.69. The Morgan fingerprint density at radius 1 is 1.21 bits per heavy atom. The van der Waals surface area contributed by atoms with Crippen LogP contribution in [0.2, 0.25) is 0 Å². The molecule has 7 heteroatoms. The molecule has 0 unspecified atom stereocenters. The summed E-state index contributed by atoms with van der Waals surface area (Å²) in [6, 6.07) is 13.0. The van der Waals surface area contributed by atoms with E-state index in [1.165, 1.54) is 16.3 Å². The van der Waals surface area contributed by atoms with Crippen LogP contribution in [0.5, 0.6) is 0 Å². The van der Waals surface area contributed by atoms with Crippen LogP contribution in [-0.2, 0) is 11.3 Å². The first kappa shape index (κ1) is 20.1. The number of rotatable bonds is 7. The molecule has 1 aromatic heterocycles. The van der Waals surface area contributed by atoms with E-state index in [-0.39, 0.29) is 23.8 Å². The topological polar surface area (TPSA) is 84.2 Å². The van der Waals surface area contributed by atoms with Gasteiger partial charge in [-0.05, 0) is 49.6 Å². The zero-order chi connectivity index (χ0) is 20.1. The molecule has 28 heavy (non-hydrogen) atoms. The van der Waals surface area contributed by atoms with Crippen molar-refractivity contribution in [1.29, 1.82) is 0 Å². The van der Waals surface area contributed by atoms with Crippen molar-refractivity contribution in [3.05, 3.63) is 63.9 Å². The van der Waals surface area contributed by atoms with Crippen molar-refractivity contribution in [2.24, 2.45) is 0 Å². The Morgan fingerprint density at radius 2 is 2.00 bits per heavy atom. The van der Waals surface area contributed by atoms with Gasteiger partial charge in [0.2, 0.25) is 5.91 Å². The largest absolute Gasteiger partial charge is 0.396 e. The number of carbonyl (C=O) groups excluding carboxylic acids is 1. The van der Waals surface area contributed by atoms with Gasteiger partial charge in [0.25, 0.3) is 5.56 Å². The Bertz CT molecular complexity index is 1060. The van der Waals surface area contributed by atoms with E-state index < -0.39 is 0 Å². The Morgan fingerprint density at radius 3 is 2.79 bits per heavy atom. The van der Waals surface area contributed by atoms with Crippen molar-refractivity contribution in [3.63, 3.8) is 0 Å². The van der Waals surface area contributed by atoms with Crippen LogP contribution >= 0.6 is 11.8 Å². The highest BCUT2D eigenvalue weighted by Gasteiger charge is 2.13. The van der Waals surface area contributed by atoms with Gasteiger partial charge in [0, 0.05) is 18.8 Å². The monoisotopic (exact) mass is 397 g/mol. The molecular formula is C21H23N3O3S. The van der Waals surface area contributed by atoms with Crippen LogP contribution in [0.15, 0.2) is 52.4 Å². The lowest BCUT2D eigenvalue weighted by Gasteiger charge is -2.13. The zero-order valence-corrected chi connectivity index (χ0v) is 16.8. The van der Waals surface area contributed by atoms with E-state index in [0.29, 0.717) is 29.0 Å². The fourth-order valence-electron chi connectivity index (χ4n) is 2.87. The molecule has 0 spiro atoms. The summed E-state index contributed by atoms with van der Waals surface area (Å²) in [7, 11) is 0.